The second kappa shape index (κ2) is 9.97. The molecule has 4 rings (SSSR count). The lowest BCUT2D eigenvalue weighted by molar-refractivity contribution is -0.132. The van der Waals surface area contributed by atoms with Crippen molar-refractivity contribution in [1.29, 1.82) is 0 Å². The number of rotatable bonds is 8. The highest BCUT2D eigenvalue weighted by Gasteiger charge is 2.29. The topological polar surface area (TPSA) is 97.9 Å². The number of amides is 2. The van der Waals surface area contributed by atoms with E-state index in [0.717, 1.165) is 41.9 Å². The van der Waals surface area contributed by atoms with Crippen LogP contribution in [0.1, 0.15) is 52.3 Å². The molecular weight excluding hydrogens is 418 g/mol. The molecule has 9 nitrogen and oxygen atoms in total. The van der Waals surface area contributed by atoms with Gasteiger partial charge in [-0.25, -0.2) is 4.68 Å². The zero-order valence-electron chi connectivity index (χ0n) is 19.5. The van der Waals surface area contributed by atoms with Crippen molar-refractivity contribution in [3.8, 4) is 0 Å². The molecule has 1 saturated heterocycles. The first-order chi connectivity index (χ1) is 15.9. The third kappa shape index (κ3) is 5.30. The summed E-state index contributed by atoms with van der Waals surface area (Å²) >= 11 is 0. The van der Waals surface area contributed by atoms with E-state index in [0.29, 0.717) is 25.9 Å². The van der Waals surface area contributed by atoms with Gasteiger partial charge in [-0.05, 0) is 44.2 Å². The molecule has 1 aliphatic heterocycles. The Morgan fingerprint density at radius 3 is 2.70 bits per heavy atom. The van der Waals surface area contributed by atoms with Gasteiger partial charge in [-0.15, -0.1) is 5.10 Å². The Hall–Kier alpha value is -3.49. The lowest BCUT2D eigenvalue weighted by Gasteiger charge is -2.24. The molecule has 0 unspecified atom stereocenters. The van der Waals surface area contributed by atoms with Crippen LogP contribution >= 0.6 is 0 Å². The van der Waals surface area contributed by atoms with E-state index in [4.69, 9.17) is 0 Å². The monoisotopic (exact) mass is 449 g/mol. The molecular formula is C24H31N7O2. The summed E-state index contributed by atoms with van der Waals surface area (Å²) in [5, 5.41) is 15.5. The molecule has 1 atom stereocenters. The number of likely N-dealkylation sites (tertiary alicyclic amines) is 1. The van der Waals surface area contributed by atoms with Crippen LogP contribution in [0.5, 0.6) is 0 Å². The number of hydrogen-bond donors (Lipinski definition) is 1. The normalized spacial score (nSPS) is 15.7. The molecule has 0 saturated carbocycles. The van der Waals surface area contributed by atoms with Crippen LogP contribution in [-0.4, -0.2) is 54.1 Å². The predicted molar refractivity (Wildman–Crippen MR) is 123 cm³/mol. The molecule has 0 radical (unpaired) electrons. The van der Waals surface area contributed by atoms with E-state index in [1.165, 1.54) is 0 Å². The number of carbonyl (C=O) groups is 2. The molecule has 0 aliphatic carbocycles. The van der Waals surface area contributed by atoms with Gasteiger partial charge in [0.25, 0.3) is 5.91 Å². The summed E-state index contributed by atoms with van der Waals surface area (Å²) in [6.45, 7) is 5.76. The van der Waals surface area contributed by atoms with Gasteiger partial charge in [-0.1, -0.05) is 35.5 Å². The number of benzene rings is 1. The summed E-state index contributed by atoms with van der Waals surface area (Å²) in [7, 11) is 1.93. The summed E-state index contributed by atoms with van der Waals surface area (Å²) in [5.74, 6) is -0.104. The smallest absolute Gasteiger partial charge is 0.273 e. The third-order valence-corrected chi connectivity index (χ3v) is 6.41. The average Bonchev–Trinajstić information content (AvgIpc) is 3.53. The minimum absolute atomic E-state index is 0.0653. The lowest BCUT2D eigenvalue weighted by atomic mass is 10.1. The number of carbonyl (C=O) groups excluding carboxylic acids is 2. The molecule has 1 aromatic carbocycles. The standard InChI is InChI=1S/C24H31N7O2/c1-17-21(18(2)29(3)27-17)11-12-23(32)31-13-7-10-20(31)15-30-16-22(26-28-30)24(33)25-14-19-8-5-4-6-9-19/h4-6,8-9,16,20H,7,10-15H2,1-3H3,(H,25,33)/t20-/m0/s1. The number of hydrogen-bond acceptors (Lipinski definition) is 5. The van der Waals surface area contributed by atoms with Crippen LogP contribution < -0.4 is 5.32 Å². The first kappa shape index (κ1) is 22.7. The maximum Gasteiger partial charge on any atom is 0.273 e. The highest BCUT2D eigenvalue weighted by molar-refractivity contribution is 5.91. The molecule has 1 N–H and O–H groups in total. The minimum atomic E-state index is -0.258. The maximum atomic E-state index is 13.0. The maximum absolute atomic E-state index is 13.0. The van der Waals surface area contributed by atoms with Crippen molar-refractivity contribution in [2.24, 2.45) is 7.05 Å². The van der Waals surface area contributed by atoms with E-state index in [2.05, 4.69) is 20.7 Å². The van der Waals surface area contributed by atoms with Crippen molar-refractivity contribution in [3.63, 3.8) is 0 Å². The molecule has 174 valence electrons. The first-order valence-corrected chi connectivity index (χ1v) is 11.4. The molecule has 9 heteroatoms. The molecule has 0 spiro atoms. The summed E-state index contributed by atoms with van der Waals surface area (Å²) in [4.78, 5) is 27.3. The van der Waals surface area contributed by atoms with Gasteiger partial charge >= 0.3 is 0 Å². The Morgan fingerprint density at radius 1 is 1.18 bits per heavy atom. The quantitative estimate of drug-likeness (QED) is 0.568. The Labute approximate surface area is 193 Å². The first-order valence-electron chi connectivity index (χ1n) is 11.4. The van der Waals surface area contributed by atoms with Gasteiger partial charge in [0.05, 0.1) is 24.5 Å². The van der Waals surface area contributed by atoms with E-state index in [9.17, 15) is 9.59 Å². The highest BCUT2D eigenvalue weighted by atomic mass is 16.2. The third-order valence-electron chi connectivity index (χ3n) is 6.41. The molecule has 1 fully saturated rings. The predicted octanol–water partition coefficient (Wildman–Crippen LogP) is 2.18. The second-order valence-electron chi connectivity index (χ2n) is 8.65. The summed E-state index contributed by atoms with van der Waals surface area (Å²) in [5.41, 5.74) is 4.56. The van der Waals surface area contributed by atoms with Gasteiger partial charge in [-0.3, -0.25) is 14.3 Å². The van der Waals surface area contributed by atoms with Crippen molar-refractivity contribution in [2.75, 3.05) is 6.54 Å². The van der Waals surface area contributed by atoms with E-state index < -0.39 is 0 Å². The average molecular weight is 450 g/mol. The van der Waals surface area contributed by atoms with E-state index in [1.807, 2.05) is 60.8 Å². The molecule has 3 aromatic rings. The summed E-state index contributed by atoms with van der Waals surface area (Å²) in [6.07, 6.45) is 4.72. The van der Waals surface area contributed by atoms with Gasteiger partial charge in [0.15, 0.2) is 5.69 Å². The lowest BCUT2D eigenvalue weighted by Crippen LogP contribution is -2.38. The van der Waals surface area contributed by atoms with Crippen molar-refractivity contribution in [1.82, 2.24) is 35.0 Å². The number of nitrogens with one attached hydrogen (secondary N) is 1. The van der Waals surface area contributed by atoms with E-state index in [1.54, 1.807) is 10.9 Å². The fourth-order valence-corrected chi connectivity index (χ4v) is 4.49. The van der Waals surface area contributed by atoms with Gasteiger partial charge in [0, 0.05) is 32.3 Å². The Balaban J connectivity index is 1.31. The zero-order valence-corrected chi connectivity index (χ0v) is 19.5. The second-order valence-corrected chi connectivity index (χ2v) is 8.65. The van der Waals surface area contributed by atoms with Gasteiger partial charge in [0.1, 0.15) is 0 Å². The van der Waals surface area contributed by atoms with Crippen LogP contribution in [0.15, 0.2) is 36.5 Å². The summed E-state index contributed by atoms with van der Waals surface area (Å²) in [6, 6.07) is 9.79. The highest BCUT2D eigenvalue weighted by Crippen LogP contribution is 2.21. The van der Waals surface area contributed by atoms with Crippen LogP contribution in [0.2, 0.25) is 0 Å². The van der Waals surface area contributed by atoms with Crippen molar-refractivity contribution >= 4 is 11.8 Å². The van der Waals surface area contributed by atoms with Crippen molar-refractivity contribution < 1.29 is 9.59 Å². The Morgan fingerprint density at radius 2 is 1.97 bits per heavy atom. The molecule has 3 heterocycles. The van der Waals surface area contributed by atoms with Crippen LogP contribution in [0.3, 0.4) is 0 Å². The van der Waals surface area contributed by atoms with E-state index in [-0.39, 0.29) is 23.6 Å². The van der Waals surface area contributed by atoms with Crippen LogP contribution in [0.25, 0.3) is 0 Å². The van der Waals surface area contributed by atoms with Crippen LogP contribution in [0, 0.1) is 13.8 Å². The van der Waals surface area contributed by atoms with Crippen LogP contribution in [-0.2, 0) is 31.4 Å². The Bertz CT molecular complexity index is 1120. The molecule has 2 amide bonds. The molecule has 33 heavy (non-hydrogen) atoms. The molecule has 0 bridgehead atoms. The van der Waals surface area contributed by atoms with Gasteiger partial charge in [0.2, 0.25) is 5.91 Å². The number of aryl methyl sites for hydroxylation is 2. The largest absolute Gasteiger partial charge is 0.347 e. The van der Waals surface area contributed by atoms with Gasteiger partial charge < -0.3 is 10.2 Å². The zero-order chi connectivity index (χ0) is 23.4. The number of aromatic nitrogens is 5. The SMILES string of the molecule is Cc1nn(C)c(C)c1CCC(=O)N1CCC[C@H]1Cn1cc(C(=O)NCc2ccccc2)nn1. The van der Waals surface area contributed by atoms with Gasteiger partial charge in [-0.2, -0.15) is 5.10 Å². The van der Waals surface area contributed by atoms with Crippen molar-refractivity contribution in [2.45, 2.75) is 58.7 Å². The molecule has 2 aromatic heterocycles. The fraction of sp³-hybridized carbons (Fsp3) is 0.458. The summed E-state index contributed by atoms with van der Waals surface area (Å²) < 4.78 is 3.54. The van der Waals surface area contributed by atoms with Crippen molar-refractivity contribution in [3.05, 3.63) is 64.7 Å². The minimum Gasteiger partial charge on any atom is -0.347 e. The number of nitrogens with zero attached hydrogens (tertiary/aromatic N) is 6. The van der Waals surface area contributed by atoms with Crippen LogP contribution in [0.4, 0.5) is 0 Å². The fourth-order valence-electron chi connectivity index (χ4n) is 4.49. The van der Waals surface area contributed by atoms with E-state index >= 15 is 0 Å². The molecule has 1 aliphatic rings. The Kier molecular flexibility index (Phi) is 6.86.